The number of nitrogens with zero attached hydrogens (tertiary/aromatic N) is 1. The number of ketones is 2. The number of nitriles is 1. The van der Waals surface area contributed by atoms with Crippen LogP contribution in [0.4, 0.5) is 8.78 Å². The van der Waals surface area contributed by atoms with Gasteiger partial charge in [0.1, 0.15) is 6.07 Å². The van der Waals surface area contributed by atoms with Crippen LogP contribution < -0.4 is 5.32 Å². The van der Waals surface area contributed by atoms with Crippen LogP contribution in [-0.4, -0.2) is 28.9 Å². The number of amides is 1. The number of hydrogen-bond donors (Lipinski definition) is 1. The second-order valence-electron chi connectivity index (χ2n) is 15.8. The van der Waals surface area contributed by atoms with Crippen LogP contribution in [0.3, 0.4) is 0 Å². The maximum absolute atomic E-state index is 14.4. The summed E-state index contributed by atoms with van der Waals surface area (Å²) >= 11 is 0. The highest BCUT2D eigenvalue weighted by Crippen LogP contribution is 2.73. The zero-order valence-electron chi connectivity index (χ0n) is 25.3. The highest BCUT2D eigenvalue weighted by atomic mass is 19.3. The monoisotopic (exact) mass is 554 g/mol. The van der Waals surface area contributed by atoms with Crippen LogP contribution in [0.25, 0.3) is 0 Å². The van der Waals surface area contributed by atoms with Gasteiger partial charge in [-0.15, -0.1) is 0 Å². The number of carbonyl (C=O) groups is 3. The van der Waals surface area contributed by atoms with Crippen LogP contribution in [0.1, 0.15) is 100 Å². The maximum atomic E-state index is 14.4. The van der Waals surface area contributed by atoms with E-state index in [1.54, 1.807) is 6.08 Å². The average Bonchev–Trinajstić information content (AvgIpc) is 2.83. The summed E-state index contributed by atoms with van der Waals surface area (Å²) in [6, 6.07) is 2.13. The van der Waals surface area contributed by atoms with Gasteiger partial charge < -0.3 is 5.32 Å². The molecule has 3 unspecified atom stereocenters. The molecule has 3 fully saturated rings. The fourth-order valence-corrected chi connectivity index (χ4v) is 10.2. The fraction of sp³-hybridized carbons (Fsp3) is 0.758. The van der Waals surface area contributed by atoms with Gasteiger partial charge in [0, 0.05) is 29.2 Å². The normalized spacial score (nSPS) is 43.6. The van der Waals surface area contributed by atoms with Crippen molar-refractivity contribution in [2.75, 3.05) is 0 Å². The summed E-state index contributed by atoms with van der Waals surface area (Å²) in [7, 11) is 0. The third kappa shape index (κ3) is 3.69. The van der Waals surface area contributed by atoms with Crippen molar-refractivity contribution >= 4 is 17.5 Å². The van der Waals surface area contributed by atoms with E-state index in [0.29, 0.717) is 32.6 Å². The Morgan fingerprint density at radius 1 is 1.02 bits per heavy atom. The molecule has 0 heterocycles. The molecule has 0 aliphatic heterocycles. The molecule has 0 radical (unpaired) electrons. The van der Waals surface area contributed by atoms with E-state index in [1.165, 1.54) is 0 Å². The van der Waals surface area contributed by atoms with Gasteiger partial charge in [0.15, 0.2) is 11.6 Å². The standard InChI is InChI=1S/C33H44F2N2O3/c1-27(2)11-13-33(37-26(40)32(8,34)35)14-12-31(7)24(20(33)17-27)21(38)15-23-29(5)16-19(18-36)25(39)28(3,4)22(29)9-10-30(23,31)6/h15-16,20,22,24H,9-14,17H2,1-8H3,(H,37,40)/t20?,22-,24?,29?,30+,31+,33-/m0/s1. The molecule has 0 aromatic carbocycles. The summed E-state index contributed by atoms with van der Waals surface area (Å²) in [6.45, 7) is 15.3. The van der Waals surface area contributed by atoms with E-state index in [0.717, 1.165) is 24.8 Å². The minimum absolute atomic E-state index is 0.0113. The quantitative estimate of drug-likeness (QED) is 0.410. The summed E-state index contributed by atoms with van der Waals surface area (Å²) in [5, 5.41) is 12.7. The summed E-state index contributed by atoms with van der Waals surface area (Å²) in [5.41, 5.74) is -1.98. The number of Topliss-reactive ketones (excluding diaryl/α,β-unsaturated/α-hetero) is 1. The maximum Gasteiger partial charge on any atom is 0.321 e. The summed E-state index contributed by atoms with van der Waals surface area (Å²) in [4.78, 5) is 40.3. The minimum atomic E-state index is -3.49. The number of rotatable bonds is 2. The largest absolute Gasteiger partial charge is 0.345 e. The number of hydrogen-bond acceptors (Lipinski definition) is 4. The van der Waals surface area contributed by atoms with Gasteiger partial charge in [-0.2, -0.15) is 14.0 Å². The van der Waals surface area contributed by atoms with Crippen molar-refractivity contribution in [2.45, 2.75) is 112 Å². The first-order valence-corrected chi connectivity index (χ1v) is 14.8. The van der Waals surface area contributed by atoms with Crippen LogP contribution >= 0.6 is 0 Å². The molecule has 1 amide bonds. The molecule has 5 rings (SSSR count). The van der Waals surface area contributed by atoms with Crippen molar-refractivity contribution in [1.82, 2.24) is 5.32 Å². The van der Waals surface area contributed by atoms with Gasteiger partial charge in [-0.25, -0.2) is 0 Å². The van der Waals surface area contributed by atoms with E-state index in [1.807, 2.05) is 19.9 Å². The Balaban J connectivity index is 1.67. The molecule has 7 heteroatoms. The van der Waals surface area contributed by atoms with Crippen molar-refractivity contribution < 1.29 is 23.2 Å². The molecule has 0 bridgehead atoms. The molecule has 5 nitrogen and oxygen atoms in total. The first-order valence-electron chi connectivity index (χ1n) is 14.8. The lowest BCUT2D eigenvalue weighted by atomic mass is 9.35. The number of allylic oxidation sites excluding steroid dienone is 4. The predicted molar refractivity (Wildman–Crippen MR) is 148 cm³/mol. The van der Waals surface area contributed by atoms with Crippen molar-refractivity contribution in [3.8, 4) is 6.07 Å². The molecule has 1 N–H and O–H groups in total. The van der Waals surface area contributed by atoms with E-state index in [-0.39, 0.29) is 34.4 Å². The van der Waals surface area contributed by atoms with Crippen LogP contribution in [0.5, 0.6) is 0 Å². The zero-order chi connectivity index (χ0) is 29.9. The van der Waals surface area contributed by atoms with Crippen molar-refractivity contribution in [3.05, 3.63) is 23.3 Å². The van der Waals surface area contributed by atoms with Crippen LogP contribution in [0.15, 0.2) is 23.3 Å². The molecule has 0 aromatic heterocycles. The van der Waals surface area contributed by atoms with Crippen molar-refractivity contribution in [3.63, 3.8) is 0 Å². The predicted octanol–water partition coefficient (Wildman–Crippen LogP) is 6.73. The number of nitrogens with one attached hydrogen (secondary N) is 1. The van der Waals surface area contributed by atoms with Gasteiger partial charge in [0.05, 0.1) is 5.57 Å². The van der Waals surface area contributed by atoms with E-state index in [2.05, 4.69) is 46.0 Å². The SMILES string of the molecule is CC1(C)CC[C@]2(NC(=O)C(C)(F)F)CC[C@]3(C)C(C(=O)C=C4C5(C)C=C(C#N)C(=O)C(C)(C)[C@@H]5CC[C@]43C)C2C1. The molecule has 3 saturated carbocycles. The van der Waals surface area contributed by atoms with Gasteiger partial charge in [-0.3, -0.25) is 14.4 Å². The lowest BCUT2D eigenvalue weighted by Gasteiger charge is -2.69. The molecule has 0 spiro atoms. The number of fused-ring (bicyclic) bond motifs is 7. The van der Waals surface area contributed by atoms with Gasteiger partial charge in [-0.1, -0.05) is 60.1 Å². The van der Waals surface area contributed by atoms with E-state index in [4.69, 9.17) is 0 Å². The molecule has 7 atom stereocenters. The molecule has 0 saturated heterocycles. The van der Waals surface area contributed by atoms with Crippen molar-refractivity contribution in [2.24, 2.45) is 44.8 Å². The van der Waals surface area contributed by atoms with Gasteiger partial charge in [-0.05, 0) is 79.1 Å². The zero-order valence-corrected chi connectivity index (χ0v) is 25.3. The Labute approximate surface area is 237 Å². The van der Waals surface area contributed by atoms with Gasteiger partial charge in [0.2, 0.25) is 0 Å². The summed E-state index contributed by atoms with van der Waals surface area (Å²) in [5.74, 6) is -5.62. The summed E-state index contributed by atoms with van der Waals surface area (Å²) in [6.07, 6.45) is 8.42. The Bertz CT molecular complexity index is 1300. The molecule has 5 aliphatic rings. The first-order chi connectivity index (χ1) is 18.2. The number of alkyl halides is 2. The van der Waals surface area contributed by atoms with Crippen molar-refractivity contribution in [1.29, 1.82) is 5.26 Å². The molecular formula is C33H44F2N2O3. The van der Waals surface area contributed by atoms with Gasteiger partial charge >= 0.3 is 5.92 Å². The van der Waals surface area contributed by atoms with E-state index < -0.39 is 44.9 Å². The third-order valence-corrected chi connectivity index (χ3v) is 12.6. The van der Waals surface area contributed by atoms with E-state index >= 15 is 0 Å². The molecule has 0 aromatic rings. The van der Waals surface area contributed by atoms with Crippen LogP contribution in [0, 0.1) is 56.2 Å². The van der Waals surface area contributed by atoms with E-state index in [9.17, 15) is 28.4 Å². The fourth-order valence-electron chi connectivity index (χ4n) is 10.2. The highest BCUT2D eigenvalue weighted by Gasteiger charge is 2.70. The second kappa shape index (κ2) is 8.35. The topological polar surface area (TPSA) is 87.0 Å². The lowest BCUT2D eigenvalue weighted by molar-refractivity contribution is -0.168. The Morgan fingerprint density at radius 2 is 1.65 bits per heavy atom. The van der Waals surface area contributed by atoms with Gasteiger partial charge in [0.25, 0.3) is 5.91 Å². The number of halogens is 2. The molecule has 5 aliphatic carbocycles. The molecule has 218 valence electrons. The number of carbonyl (C=O) groups excluding carboxylic acids is 3. The van der Waals surface area contributed by atoms with Crippen LogP contribution in [-0.2, 0) is 14.4 Å². The smallest absolute Gasteiger partial charge is 0.321 e. The molecule has 40 heavy (non-hydrogen) atoms. The lowest BCUT2D eigenvalue weighted by Crippen LogP contribution is -2.70. The Kier molecular flexibility index (Phi) is 6.09. The average molecular weight is 555 g/mol. The third-order valence-electron chi connectivity index (χ3n) is 12.6. The van der Waals surface area contributed by atoms with Crippen LogP contribution in [0.2, 0.25) is 0 Å². The minimum Gasteiger partial charge on any atom is -0.345 e. The Hall–Kier alpha value is -2.36. The Morgan fingerprint density at radius 3 is 2.25 bits per heavy atom. The molecular weight excluding hydrogens is 510 g/mol. The first kappa shape index (κ1) is 29.1. The summed E-state index contributed by atoms with van der Waals surface area (Å²) < 4.78 is 28.3. The highest BCUT2D eigenvalue weighted by molar-refractivity contribution is 6.04. The second-order valence-corrected chi connectivity index (χ2v) is 15.8.